The maximum Gasteiger partial charge on any atom is 0.316 e. The van der Waals surface area contributed by atoms with Gasteiger partial charge in [-0.1, -0.05) is 213 Å². The van der Waals surface area contributed by atoms with Gasteiger partial charge >= 0.3 is 10.1 Å². The molecular formula is C43H90NO3S+. The summed E-state index contributed by atoms with van der Waals surface area (Å²) in [4.78, 5) is 0. The lowest BCUT2D eigenvalue weighted by Gasteiger charge is -2.38. The van der Waals surface area contributed by atoms with Crippen LogP contribution in [0.3, 0.4) is 0 Å². The molecular weight excluding hydrogens is 611 g/mol. The van der Waals surface area contributed by atoms with Crippen molar-refractivity contribution in [3.63, 3.8) is 0 Å². The van der Waals surface area contributed by atoms with Crippen molar-refractivity contribution < 1.29 is 17.5 Å². The van der Waals surface area contributed by atoms with Gasteiger partial charge in [-0.15, -0.1) is 0 Å². The number of rotatable bonds is 41. The summed E-state index contributed by atoms with van der Waals surface area (Å²) >= 11 is 0. The molecule has 0 aromatic rings. The van der Waals surface area contributed by atoms with E-state index in [4.69, 9.17) is 0 Å². The molecule has 0 aliphatic heterocycles. The molecule has 0 amide bonds. The van der Waals surface area contributed by atoms with E-state index in [-0.39, 0.29) is 5.88 Å². The van der Waals surface area contributed by atoms with Crippen molar-refractivity contribution in [2.24, 2.45) is 0 Å². The molecule has 0 fully saturated rings. The van der Waals surface area contributed by atoms with Crippen molar-refractivity contribution in [1.29, 1.82) is 0 Å². The molecule has 0 aliphatic carbocycles. The van der Waals surface area contributed by atoms with Crippen LogP contribution in [0.2, 0.25) is 0 Å². The molecule has 0 spiro atoms. The largest absolute Gasteiger partial charge is 0.316 e. The van der Waals surface area contributed by atoms with E-state index in [0.29, 0.717) is 4.48 Å². The molecule has 0 rings (SSSR count). The highest BCUT2D eigenvalue weighted by Gasteiger charge is 2.31. The summed E-state index contributed by atoms with van der Waals surface area (Å²) in [6.45, 7) is 9.58. The molecule has 290 valence electrons. The number of unbranched alkanes of at least 4 members (excludes halogenated alkanes) is 33. The Morgan fingerprint density at radius 2 is 0.479 bits per heavy atom. The first-order valence-corrected chi connectivity index (χ1v) is 23.8. The highest BCUT2D eigenvalue weighted by Crippen LogP contribution is 2.21. The Hall–Kier alpha value is -0.130. The van der Waals surface area contributed by atoms with Gasteiger partial charge < -0.3 is 4.48 Å². The zero-order chi connectivity index (χ0) is 35.3. The lowest BCUT2D eigenvalue weighted by Crippen LogP contribution is -2.53. The molecule has 0 saturated carbocycles. The van der Waals surface area contributed by atoms with Crippen LogP contribution < -0.4 is 0 Å². The second kappa shape index (κ2) is 36.7. The fraction of sp³-hybridized carbons (Fsp3) is 1.00. The maximum atomic E-state index is 12.3. The number of quaternary nitrogens is 1. The molecule has 0 atom stereocenters. The number of nitrogens with zero attached hydrogens (tertiary/aromatic N) is 1. The molecule has 0 unspecified atom stereocenters. The van der Waals surface area contributed by atoms with Gasteiger partial charge in [-0.05, 0) is 38.5 Å². The SMILES string of the molecule is CCCCCCCCCCCCCC[N+](CCCCCCCCCCCCCC)(CCCCCCCCCCCCCC)CS(=O)(=O)O. The molecule has 0 aromatic heterocycles. The standard InChI is InChI=1S/C43H89NO3S/c1-4-7-10-13-16-19-22-25-28-31-34-37-40-44(43-48(45,46)47,41-38-35-32-29-26-23-20-17-14-11-8-5-2)42-39-36-33-30-27-24-21-18-15-12-9-6-3/h4-43H2,1-3H3/p+1. The quantitative estimate of drug-likeness (QED) is 0.0392. The van der Waals surface area contributed by atoms with Crippen molar-refractivity contribution in [2.45, 2.75) is 252 Å². The first-order valence-electron chi connectivity index (χ1n) is 22.2. The van der Waals surface area contributed by atoms with E-state index in [1.807, 2.05) is 0 Å². The molecule has 1 N–H and O–H groups in total. The van der Waals surface area contributed by atoms with E-state index in [1.165, 1.54) is 212 Å². The molecule has 0 heterocycles. The molecule has 0 aliphatic rings. The predicted molar refractivity (Wildman–Crippen MR) is 215 cm³/mol. The van der Waals surface area contributed by atoms with Gasteiger partial charge in [0.2, 0.25) is 5.88 Å². The average Bonchev–Trinajstić information content (AvgIpc) is 3.05. The van der Waals surface area contributed by atoms with Gasteiger partial charge in [-0.3, -0.25) is 4.55 Å². The third-order valence-electron chi connectivity index (χ3n) is 10.9. The summed E-state index contributed by atoms with van der Waals surface area (Å²) in [7, 11) is -4.01. The highest BCUT2D eigenvalue weighted by molar-refractivity contribution is 7.85. The fourth-order valence-corrected chi connectivity index (χ4v) is 8.82. The minimum absolute atomic E-state index is 0.0822. The predicted octanol–water partition coefficient (Wildman–Crippen LogP) is 14.8. The van der Waals surface area contributed by atoms with Crippen LogP contribution in [-0.2, 0) is 10.1 Å². The second-order valence-corrected chi connectivity index (χ2v) is 17.3. The third kappa shape index (κ3) is 35.7. The molecule has 5 heteroatoms. The van der Waals surface area contributed by atoms with Gasteiger partial charge in [-0.2, -0.15) is 8.42 Å². The van der Waals surface area contributed by atoms with Crippen molar-refractivity contribution in [1.82, 2.24) is 0 Å². The van der Waals surface area contributed by atoms with Crippen LogP contribution in [0.15, 0.2) is 0 Å². The van der Waals surface area contributed by atoms with E-state index in [0.717, 1.165) is 38.9 Å². The van der Waals surface area contributed by atoms with Crippen LogP contribution in [0.25, 0.3) is 0 Å². The van der Waals surface area contributed by atoms with Gasteiger partial charge in [0.1, 0.15) is 0 Å². The van der Waals surface area contributed by atoms with Crippen LogP contribution in [0.5, 0.6) is 0 Å². The van der Waals surface area contributed by atoms with E-state index in [1.54, 1.807) is 0 Å². The molecule has 0 saturated heterocycles. The van der Waals surface area contributed by atoms with Gasteiger partial charge in [-0.25, -0.2) is 0 Å². The van der Waals surface area contributed by atoms with Crippen LogP contribution in [0.4, 0.5) is 0 Å². The maximum absolute atomic E-state index is 12.3. The Bertz CT molecular complexity index is 656. The lowest BCUT2D eigenvalue weighted by atomic mass is 10.0. The summed E-state index contributed by atoms with van der Waals surface area (Å²) in [5.41, 5.74) is 0. The Balaban J connectivity index is 4.62. The van der Waals surface area contributed by atoms with Crippen molar-refractivity contribution in [2.75, 3.05) is 25.5 Å². The van der Waals surface area contributed by atoms with Gasteiger partial charge in [0.25, 0.3) is 0 Å². The second-order valence-electron chi connectivity index (χ2n) is 15.9. The summed E-state index contributed by atoms with van der Waals surface area (Å²) in [6.07, 6.45) is 47.6. The zero-order valence-corrected chi connectivity index (χ0v) is 34.2. The first-order chi connectivity index (χ1) is 23.4. The lowest BCUT2D eigenvalue weighted by molar-refractivity contribution is -0.918. The van der Waals surface area contributed by atoms with Crippen LogP contribution in [-0.4, -0.2) is 43.0 Å². The molecule has 48 heavy (non-hydrogen) atoms. The average molecular weight is 701 g/mol. The minimum atomic E-state index is -4.01. The summed E-state index contributed by atoms with van der Waals surface area (Å²) in [5.74, 6) is -0.0822. The van der Waals surface area contributed by atoms with E-state index < -0.39 is 10.1 Å². The molecule has 0 radical (unpaired) electrons. The van der Waals surface area contributed by atoms with E-state index in [9.17, 15) is 13.0 Å². The van der Waals surface area contributed by atoms with E-state index in [2.05, 4.69) is 20.8 Å². The van der Waals surface area contributed by atoms with Crippen LogP contribution in [0, 0.1) is 0 Å². The zero-order valence-electron chi connectivity index (χ0n) is 33.4. The van der Waals surface area contributed by atoms with Crippen LogP contribution in [0.1, 0.15) is 252 Å². The van der Waals surface area contributed by atoms with Crippen molar-refractivity contribution in [3.05, 3.63) is 0 Å². The molecule has 4 nitrogen and oxygen atoms in total. The highest BCUT2D eigenvalue weighted by atomic mass is 32.2. The van der Waals surface area contributed by atoms with Crippen LogP contribution >= 0.6 is 0 Å². The fourth-order valence-electron chi connectivity index (χ4n) is 7.74. The Kier molecular flexibility index (Phi) is 36.6. The van der Waals surface area contributed by atoms with Gasteiger partial charge in [0, 0.05) is 0 Å². The number of hydrogen-bond acceptors (Lipinski definition) is 2. The topological polar surface area (TPSA) is 54.4 Å². The van der Waals surface area contributed by atoms with Gasteiger partial charge in [0.15, 0.2) is 0 Å². The Morgan fingerprint density at radius 3 is 0.646 bits per heavy atom. The molecule has 0 aromatic carbocycles. The Labute approximate surface area is 304 Å². The summed E-state index contributed by atoms with van der Waals surface area (Å²) in [5, 5.41) is 0. The number of hydrogen-bond donors (Lipinski definition) is 1. The van der Waals surface area contributed by atoms with Crippen molar-refractivity contribution in [3.8, 4) is 0 Å². The first kappa shape index (κ1) is 47.9. The smallest absolute Gasteiger partial charge is 0.309 e. The van der Waals surface area contributed by atoms with E-state index >= 15 is 0 Å². The minimum Gasteiger partial charge on any atom is -0.309 e. The monoisotopic (exact) mass is 701 g/mol. The third-order valence-corrected chi connectivity index (χ3v) is 11.8. The molecule has 0 bridgehead atoms. The Morgan fingerprint density at radius 1 is 0.312 bits per heavy atom. The normalized spacial score (nSPS) is 12.3. The van der Waals surface area contributed by atoms with Gasteiger partial charge in [0.05, 0.1) is 19.6 Å². The van der Waals surface area contributed by atoms with Crippen molar-refractivity contribution >= 4 is 10.1 Å². The summed E-state index contributed by atoms with van der Waals surface area (Å²) in [6, 6.07) is 0. The summed E-state index contributed by atoms with van der Waals surface area (Å²) < 4.78 is 35.4.